The van der Waals surface area contributed by atoms with Crippen molar-refractivity contribution in [1.29, 1.82) is 0 Å². The predicted molar refractivity (Wildman–Crippen MR) is 55.9 cm³/mol. The summed E-state index contributed by atoms with van der Waals surface area (Å²) in [5.41, 5.74) is 0.882. The van der Waals surface area contributed by atoms with E-state index in [0.29, 0.717) is 12.4 Å². The molecule has 0 fully saturated rings. The van der Waals surface area contributed by atoms with Gasteiger partial charge in [0, 0.05) is 0 Å². The van der Waals surface area contributed by atoms with Gasteiger partial charge in [0.1, 0.15) is 0 Å². The third kappa shape index (κ3) is 2.39. The molecule has 1 rings (SSSR count). The lowest BCUT2D eigenvalue weighted by Gasteiger charge is -2.09. The number of ether oxygens (including phenoxy) is 2. The molecule has 14 heavy (non-hydrogen) atoms. The second kappa shape index (κ2) is 5.11. The Hall–Kier alpha value is -1.71. The zero-order valence-corrected chi connectivity index (χ0v) is 8.36. The molecule has 0 spiro atoms. The van der Waals surface area contributed by atoms with E-state index in [0.717, 1.165) is 11.3 Å². The fourth-order valence-corrected chi connectivity index (χ4v) is 1.13. The summed E-state index contributed by atoms with van der Waals surface area (Å²) in [7, 11) is 1.60. The highest BCUT2D eigenvalue weighted by Gasteiger charge is 2.03. The van der Waals surface area contributed by atoms with E-state index < -0.39 is 0 Å². The van der Waals surface area contributed by atoms with Crippen LogP contribution in [0, 0.1) is 0 Å². The molecule has 0 saturated carbocycles. The minimum absolute atomic E-state index is 0.612. The van der Waals surface area contributed by atoms with Gasteiger partial charge in [-0.2, -0.15) is 5.10 Å². The summed E-state index contributed by atoms with van der Waals surface area (Å²) < 4.78 is 10.5. The summed E-state index contributed by atoms with van der Waals surface area (Å²) in [6, 6.07) is 5.52. The van der Waals surface area contributed by atoms with Crippen LogP contribution in [0.15, 0.2) is 23.3 Å². The van der Waals surface area contributed by atoms with Gasteiger partial charge in [-0.3, -0.25) is 0 Å². The minimum Gasteiger partial charge on any atom is -0.493 e. The van der Waals surface area contributed by atoms with Gasteiger partial charge in [0.15, 0.2) is 11.5 Å². The Morgan fingerprint density at radius 1 is 1.43 bits per heavy atom. The summed E-state index contributed by atoms with van der Waals surface area (Å²) >= 11 is 0. The van der Waals surface area contributed by atoms with Crippen LogP contribution < -0.4 is 15.3 Å². The Morgan fingerprint density at radius 3 is 2.79 bits per heavy atom. The largest absolute Gasteiger partial charge is 0.493 e. The van der Waals surface area contributed by atoms with E-state index in [9.17, 15) is 0 Å². The summed E-state index contributed by atoms with van der Waals surface area (Å²) in [6.07, 6.45) is 1.55. The van der Waals surface area contributed by atoms with Crippen molar-refractivity contribution < 1.29 is 9.47 Å². The first-order valence-corrected chi connectivity index (χ1v) is 4.36. The third-order valence-electron chi connectivity index (χ3n) is 1.71. The molecule has 0 saturated heterocycles. The van der Waals surface area contributed by atoms with Gasteiger partial charge in [-0.25, -0.2) is 0 Å². The van der Waals surface area contributed by atoms with Crippen molar-refractivity contribution in [2.75, 3.05) is 13.7 Å². The molecule has 2 N–H and O–H groups in total. The third-order valence-corrected chi connectivity index (χ3v) is 1.71. The second-order valence-corrected chi connectivity index (χ2v) is 2.62. The van der Waals surface area contributed by atoms with E-state index in [4.69, 9.17) is 15.3 Å². The number of hydrogen-bond acceptors (Lipinski definition) is 4. The van der Waals surface area contributed by atoms with Gasteiger partial charge in [-0.05, 0) is 30.7 Å². The number of benzene rings is 1. The Balaban J connectivity index is 2.98. The molecule has 0 bridgehead atoms. The molecule has 0 aromatic heterocycles. The average Bonchev–Trinajstić information content (AvgIpc) is 2.21. The number of hydrazone groups is 1. The number of nitrogens with zero attached hydrogens (tertiary/aromatic N) is 1. The molecule has 0 heterocycles. The van der Waals surface area contributed by atoms with Crippen molar-refractivity contribution in [3.63, 3.8) is 0 Å². The molecule has 0 unspecified atom stereocenters. The molecular weight excluding hydrogens is 180 g/mol. The van der Waals surface area contributed by atoms with Crippen LogP contribution in [0.4, 0.5) is 0 Å². The van der Waals surface area contributed by atoms with Crippen molar-refractivity contribution in [2.45, 2.75) is 6.92 Å². The van der Waals surface area contributed by atoms with Gasteiger partial charge >= 0.3 is 0 Å². The summed E-state index contributed by atoms with van der Waals surface area (Å²) in [6.45, 7) is 2.54. The highest BCUT2D eigenvalue weighted by Crippen LogP contribution is 2.27. The van der Waals surface area contributed by atoms with E-state index in [-0.39, 0.29) is 0 Å². The summed E-state index contributed by atoms with van der Waals surface area (Å²) in [5, 5.41) is 3.44. The van der Waals surface area contributed by atoms with Crippen LogP contribution >= 0.6 is 0 Å². The van der Waals surface area contributed by atoms with Gasteiger partial charge in [0.25, 0.3) is 0 Å². The van der Waals surface area contributed by atoms with E-state index in [1.54, 1.807) is 13.3 Å². The molecule has 76 valence electrons. The fourth-order valence-electron chi connectivity index (χ4n) is 1.13. The number of methoxy groups -OCH3 is 1. The summed E-state index contributed by atoms with van der Waals surface area (Å²) in [5.74, 6) is 6.46. The first kappa shape index (κ1) is 10.4. The van der Waals surface area contributed by atoms with E-state index in [2.05, 4.69) is 5.10 Å². The molecule has 0 aliphatic heterocycles. The molecule has 0 radical (unpaired) electrons. The van der Waals surface area contributed by atoms with Crippen molar-refractivity contribution in [2.24, 2.45) is 10.9 Å². The summed E-state index contributed by atoms with van der Waals surface area (Å²) in [4.78, 5) is 0. The van der Waals surface area contributed by atoms with Crippen LogP contribution in [0.5, 0.6) is 11.5 Å². The van der Waals surface area contributed by atoms with Crippen molar-refractivity contribution in [1.82, 2.24) is 0 Å². The van der Waals surface area contributed by atoms with Crippen LogP contribution in [-0.2, 0) is 0 Å². The number of nitrogens with two attached hydrogens (primary N) is 1. The number of rotatable bonds is 4. The minimum atomic E-state index is 0.612. The van der Waals surface area contributed by atoms with Gasteiger partial charge in [0.05, 0.1) is 19.9 Å². The maximum Gasteiger partial charge on any atom is 0.161 e. The molecule has 4 nitrogen and oxygen atoms in total. The normalized spacial score (nSPS) is 10.4. The van der Waals surface area contributed by atoms with Gasteiger partial charge in [-0.1, -0.05) is 0 Å². The van der Waals surface area contributed by atoms with Crippen molar-refractivity contribution >= 4 is 6.21 Å². The molecule has 0 atom stereocenters. The molecular formula is C10H14N2O2. The Bertz CT molecular complexity index is 324. The van der Waals surface area contributed by atoms with Gasteiger partial charge in [0.2, 0.25) is 0 Å². The van der Waals surface area contributed by atoms with Crippen LogP contribution in [0.3, 0.4) is 0 Å². The lowest BCUT2D eigenvalue weighted by molar-refractivity contribution is 0.311. The number of hydrogen-bond donors (Lipinski definition) is 1. The first-order valence-electron chi connectivity index (χ1n) is 4.36. The van der Waals surface area contributed by atoms with Gasteiger partial charge < -0.3 is 15.3 Å². The molecule has 0 amide bonds. The Morgan fingerprint density at radius 2 is 2.21 bits per heavy atom. The van der Waals surface area contributed by atoms with Crippen molar-refractivity contribution in [3.8, 4) is 11.5 Å². The Labute approximate surface area is 83.3 Å². The maximum atomic E-state index is 5.36. The monoisotopic (exact) mass is 194 g/mol. The average molecular weight is 194 g/mol. The molecule has 0 aliphatic rings. The quantitative estimate of drug-likeness (QED) is 0.447. The van der Waals surface area contributed by atoms with Gasteiger partial charge in [-0.15, -0.1) is 0 Å². The fraction of sp³-hybridized carbons (Fsp3) is 0.300. The smallest absolute Gasteiger partial charge is 0.161 e. The lowest BCUT2D eigenvalue weighted by Crippen LogP contribution is -1.96. The van der Waals surface area contributed by atoms with Crippen LogP contribution in [-0.4, -0.2) is 19.9 Å². The van der Waals surface area contributed by atoms with Crippen molar-refractivity contribution in [3.05, 3.63) is 23.8 Å². The zero-order valence-electron chi connectivity index (χ0n) is 8.36. The van der Waals surface area contributed by atoms with Crippen LogP contribution in [0.25, 0.3) is 0 Å². The first-order chi connectivity index (χ1) is 6.81. The maximum absolute atomic E-state index is 5.36. The highest BCUT2D eigenvalue weighted by molar-refractivity contribution is 5.80. The Kier molecular flexibility index (Phi) is 3.79. The van der Waals surface area contributed by atoms with E-state index in [1.165, 1.54) is 0 Å². The van der Waals surface area contributed by atoms with E-state index >= 15 is 0 Å². The topological polar surface area (TPSA) is 56.8 Å². The molecule has 4 heteroatoms. The predicted octanol–water partition coefficient (Wildman–Crippen LogP) is 1.39. The molecule has 0 aliphatic carbocycles. The zero-order chi connectivity index (χ0) is 10.4. The standard InChI is InChI=1S/C10H14N2O2/c1-3-14-9-5-4-8(7-12-11)6-10(9)13-2/h4-7H,3,11H2,1-2H3. The lowest BCUT2D eigenvalue weighted by atomic mass is 10.2. The molecule has 1 aromatic rings. The van der Waals surface area contributed by atoms with E-state index in [1.807, 2.05) is 25.1 Å². The second-order valence-electron chi connectivity index (χ2n) is 2.62. The molecule has 1 aromatic carbocycles. The highest BCUT2D eigenvalue weighted by atomic mass is 16.5. The SMILES string of the molecule is CCOc1ccc(C=NN)cc1OC. The van der Waals surface area contributed by atoms with Crippen LogP contribution in [0.1, 0.15) is 12.5 Å². The van der Waals surface area contributed by atoms with Crippen LogP contribution in [0.2, 0.25) is 0 Å².